The Morgan fingerprint density at radius 3 is 2.22 bits per heavy atom. The number of thioether (sulfide) groups is 1. The van der Waals surface area contributed by atoms with Crippen LogP contribution in [0.25, 0.3) is 0 Å². The summed E-state index contributed by atoms with van der Waals surface area (Å²) >= 11 is 1.10. The van der Waals surface area contributed by atoms with Crippen molar-refractivity contribution in [3.63, 3.8) is 0 Å². The molecule has 0 aliphatic carbocycles. The molecule has 6 nitrogen and oxygen atoms in total. The number of carbonyl (C=O) groups excluding carboxylic acids is 3. The standard InChI is InChI=1S/C16H23N3O3S/c1-10(2)13(15(21)18-11(3)14(17)20)19-16(22)23-9-12-7-5-4-6-8-12/h4-8,10-11,13H,9H2,1-3H3,(H2,17,20)(H,18,21)(H,19,22). The molecule has 0 aromatic heterocycles. The lowest BCUT2D eigenvalue weighted by Gasteiger charge is -2.22. The van der Waals surface area contributed by atoms with Gasteiger partial charge in [0, 0.05) is 5.75 Å². The maximum atomic E-state index is 12.2. The first-order chi connectivity index (χ1) is 10.8. The summed E-state index contributed by atoms with van der Waals surface area (Å²) in [5.41, 5.74) is 6.16. The zero-order chi connectivity index (χ0) is 17.4. The topological polar surface area (TPSA) is 101 Å². The van der Waals surface area contributed by atoms with E-state index in [-0.39, 0.29) is 11.2 Å². The Labute approximate surface area is 140 Å². The molecule has 0 fully saturated rings. The van der Waals surface area contributed by atoms with Crippen LogP contribution in [0.5, 0.6) is 0 Å². The zero-order valence-corrected chi connectivity index (χ0v) is 14.4. The van der Waals surface area contributed by atoms with Crippen LogP contribution in [-0.4, -0.2) is 29.1 Å². The molecule has 0 spiro atoms. The smallest absolute Gasteiger partial charge is 0.280 e. The van der Waals surface area contributed by atoms with Gasteiger partial charge in [-0.25, -0.2) is 0 Å². The minimum atomic E-state index is -0.780. The highest BCUT2D eigenvalue weighted by molar-refractivity contribution is 8.12. The van der Waals surface area contributed by atoms with E-state index < -0.39 is 23.9 Å². The molecule has 0 aliphatic heterocycles. The lowest BCUT2D eigenvalue weighted by molar-refractivity contribution is -0.128. The highest BCUT2D eigenvalue weighted by Crippen LogP contribution is 2.14. The zero-order valence-electron chi connectivity index (χ0n) is 13.5. The number of hydrogen-bond acceptors (Lipinski definition) is 4. The van der Waals surface area contributed by atoms with Crippen LogP contribution < -0.4 is 16.4 Å². The summed E-state index contributed by atoms with van der Waals surface area (Å²) in [6.07, 6.45) is 0. The van der Waals surface area contributed by atoms with E-state index in [4.69, 9.17) is 5.73 Å². The molecule has 23 heavy (non-hydrogen) atoms. The normalized spacial score (nSPS) is 13.2. The van der Waals surface area contributed by atoms with Crippen molar-refractivity contribution in [2.45, 2.75) is 38.6 Å². The molecule has 7 heteroatoms. The van der Waals surface area contributed by atoms with Gasteiger partial charge < -0.3 is 16.4 Å². The average molecular weight is 337 g/mol. The van der Waals surface area contributed by atoms with Gasteiger partial charge in [-0.2, -0.15) is 0 Å². The largest absolute Gasteiger partial charge is 0.368 e. The molecule has 0 saturated heterocycles. The van der Waals surface area contributed by atoms with Crippen LogP contribution in [0, 0.1) is 5.92 Å². The van der Waals surface area contributed by atoms with Crippen LogP contribution in [0.1, 0.15) is 26.3 Å². The van der Waals surface area contributed by atoms with Crippen molar-refractivity contribution >= 4 is 28.8 Å². The van der Waals surface area contributed by atoms with E-state index in [9.17, 15) is 14.4 Å². The number of nitrogens with one attached hydrogen (secondary N) is 2. The first-order valence-electron chi connectivity index (χ1n) is 7.38. The van der Waals surface area contributed by atoms with E-state index in [1.54, 1.807) is 0 Å². The van der Waals surface area contributed by atoms with Gasteiger partial charge in [-0.3, -0.25) is 14.4 Å². The van der Waals surface area contributed by atoms with Crippen LogP contribution in [0.15, 0.2) is 30.3 Å². The first-order valence-corrected chi connectivity index (χ1v) is 8.36. The summed E-state index contributed by atoms with van der Waals surface area (Å²) in [4.78, 5) is 35.2. The van der Waals surface area contributed by atoms with Crippen LogP contribution in [0.2, 0.25) is 0 Å². The van der Waals surface area contributed by atoms with Gasteiger partial charge in [0.2, 0.25) is 11.8 Å². The molecule has 1 rings (SSSR count). The molecule has 0 radical (unpaired) electrons. The fourth-order valence-corrected chi connectivity index (χ4v) is 2.50. The van der Waals surface area contributed by atoms with Gasteiger partial charge in [0.1, 0.15) is 12.1 Å². The van der Waals surface area contributed by atoms with Gasteiger partial charge in [0.15, 0.2) is 0 Å². The fourth-order valence-electron chi connectivity index (χ4n) is 1.80. The summed E-state index contributed by atoms with van der Waals surface area (Å²) < 4.78 is 0. The van der Waals surface area contributed by atoms with Crippen molar-refractivity contribution in [2.75, 3.05) is 0 Å². The van der Waals surface area contributed by atoms with E-state index in [1.165, 1.54) is 6.92 Å². The van der Waals surface area contributed by atoms with Crippen molar-refractivity contribution in [2.24, 2.45) is 11.7 Å². The molecule has 0 bridgehead atoms. The van der Waals surface area contributed by atoms with E-state index >= 15 is 0 Å². The van der Waals surface area contributed by atoms with Gasteiger partial charge in [-0.05, 0) is 18.4 Å². The molecule has 1 aromatic carbocycles. The monoisotopic (exact) mass is 337 g/mol. The van der Waals surface area contributed by atoms with Crippen molar-refractivity contribution in [1.82, 2.24) is 10.6 Å². The lowest BCUT2D eigenvalue weighted by atomic mass is 10.0. The maximum absolute atomic E-state index is 12.2. The number of nitrogens with two attached hydrogens (primary N) is 1. The number of primary amides is 1. The number of hydrogen-bond donors (Lipinski definition) is 3. The molecule has 0 aliphatic rings. The minimum Gasteiger partial charge on any atom is -0.368 e. The third kappa shape index (κ3) is 6.73. The molecular formula is C16H23N3O3S. The van der Waals surface area contributed by atoms with Crippen LogP contribution >= 0.6 is 11.8 Å². The van der Waals surface area contributed by atoms with Crippen LogP contribution in [0.4, 0.5) is 4.79 Å². The average Bonchev–Trinajstić information content (AvgIpc) is 2.51. The van der Waals surface area contributed by atoms with E-state index in [2.05, 4.69) is 10.6 Å². The third-order valence-corrected chi connectivity index (χ3v) is 4.08. The third-order valence-electron chi connectivity index (χ3n) is 3.22. The summed E-state index contributed by atoms with van der Waals surface area (Å²) in [5.74, 6) is -0.626. The Balaban J connectivity index is 2.56. The van der Waals surface area contributed by atoms with Crippen LogP contribution in [-0.2, 0) is 15.3 Å². The number of carbonyl (C=O) groups is 3. The molecular weight excluding hydrogens is 314 g/mol. The molecule has 3 amide bonds. The quantitative estimate of drug-likeness (QED) is 0.704. The molecule has 0 heterocycles. The molecule has 2 atom stereocenters. The first kappa shape index (κ1) is 19.0. The second-order valence-electron chi connectivity index (χ2n) is 5.56. The van der Waals surface area contributed by atoms with E-state index in [1.807, 2.05) is 44.2 Å². The molecule has 4 N–H and O–H groups in total. The van der Waals surface area contributed by atoms with Crippen molar-refractivity contribution < 1.29 is 14.4 Å². The molecule has 0 saturated carbocycles. The fraction of sp³-hybridized carbons (Fsp3) is 0.438. The highest BCUT2D eigenvalue weighted by atomic mass is 32.2. The Hall–Kier alpha value is -2.02. The van der Waals surface area contributed by atoms with Crippen molar-refractivity contribution in [3.8, 4) is 0 Å². The number of rotatable bonds is 7. The van der Waals surface area contributed by atoms with Gasteiger partial charge in [-0.15, -0.1) is 0 Å². The van der Waals surface area contributed by atoms with Crippen molar-refractivity contribution in [1.29, 1.82) is 0 Å². The van der Waals surface area contributed by atoms with Gasteiger partial charge in [0.25, 0.3) is 5.24 Å². The van der Waals surface area contributed by atoms with Gasteiger partial charge in [-0.1, -0.05) is 55.9 Å². The van der Waals surface area contributed by atoms with E-state index in [0.717, 1.165) is 17.3 Å². The molecule has 126 valence electrons. The summed E-state index contributed by atoms with van der Waals surface area (Å²) in [7, 11) is 0. The Morgan fingerprint density at radius 2 is 1.70 bits per heavy atom. The minimum absolute atomic E-state index is 0.114. The summed E-state index contributed by atoms with van der Waals surface area (Å²) in [5, 5.41) is 4.91. The summed E-state index contributed by atoms with van der Waals surface area (Å²) in [6.45, 7) is 5.15. The SMILES string of the molecule is CC(NC(=O)C(NC(=O)SCc1ccccc1)C(C)C)C(N)=O. The Bertz CT molecular complexity index is 549. The highest BCUT2D eigenvalue weighted by Gasteiger charge is 2.26. The maximum Gasteiger partial charge on any atom is 0.280 e. The lowest BCUT2D eigenvalue weighted by Crippen LogP contribution is -2.53. The second kappa shape index (κ2) is 9.19. The Morgan fingerprint density at radius 1 is 1.09 bits per heavy atom. The number of benzene rings is 1. The predicted molar refractivity (Wildman–Crippen MR) is 91.7 cm³/mol. The second-order valence-corrected chi connectivity index (χ2v) is 6.51. The van der Waals surface area contributed by atoms with Crippen LogP contribution in [0.3, 0.4) is 0 Å². The van der Waals surface area contributed by atoms with Crippen molar-refractivity contribution in [3.05, 3.63) is 35.9 Å². The number of amides is 3. The summed E-state index contributed by atoms with van der Waals surface area (Å²) in [6, 6.07) is 8.09. The van der Waals surface area contributed by atoms with Gasteiger partial charge >= 0.3 is 0 Å². The van der Waals surface area contributed by atoms with Gasteiger partial charge in [0.05, 0.1) is 0 Å². The Kier molecular flexibility index (Phi) is 7.61. The molecule has 2 unspecified atom stereocenters. The molecule has 1 aromatic rings. The predicted octanol–water partition coefficient (Wildman–Crippen LogP) is 1.64. The van der Waals surface area contributed by atoms with E-state index in [0.29, 0.717) is 5.75 Å².